The number of aromatic nitrogens is 1. The molecule has 1 amide bonds. The largest absolute Gasteiger partial charge is 0.420 e. The third kappa shape index (κ3) is 2.96. The van der Waals surface area contributed by atoms with Gasteiger partial charge in [-0.15, -0.1) is 0 Å². The minimum atomic E-state index is -3.18. The fourth-order valence-electron chi connectivity index (χ4n) is 3.91. The van der Waals surface area contributed by atoms with Crippen LogP contribution in [0.25, 0.3) is 11.1 Å². The van der Waals surface area contributed by atoms with E-state index >= 15 is 0 Å². The zero-order valence-corrected chi connectivity index (χ0v) is 15.3. The molecule has 26 heavy (non-hydrogen) atoms. The Morgan fingerprint density at radius 3 is 2.50 bits per heavy atom. The zero-order chi connectivity index (χ0) is 18.3. The molecular formula is C18H22N2O5S. The molecular weight excluding hydrogens is 356 g/mol. The number of hydrogen-bond acceptors (Lipinski definition) is 5. The van der Waals surface area contributed by atoms with Crippen LogP contribution in [-0.2, 0) is 21.2 Å². The lowest BCUT2D eigenvalue weighted by molar-refractivity contribution is -0.135. The first-order valence-electron chi connectivity index (χ1n) is 9.05. The van der Waals surface area contributed by atoms with Crippen molar-refractivity contribution >= 4 is 26.8 Å². The summed E-state index contributed by atoms with van der Waals surface area (Å²) in [7, 11) is -3.18. The van der Waals surface area contributed by atoms with E-state index < -0.39 is 20.8 Å². The fourth-order valence-corrected chi connectivity index (χ4v) is 6.22. The smallest absolute Gasteiger partial charge is 0.408 e. The Kier molecular flexibility index (Phi) is 4.38. The van der Waals surface area contributed by atoms with Crippen LogP contribution in [0.2, 0.25) is 0 Å². The summed E-state index contributed by atoms with van der Waals surface area (Å²) in [5, 5.41) is -0.716. The van der Waals surface area contributed by atoms with Crippen LogP contribution in [0.5, 0.6) is 0 Å². The van der Waals surface area contributed by atoms with Gasteiger partial charge in [-0.2, -0.15) is 0 Å². The minimum Gasteiger partial charge on any atom is -0.408 e. The maximum absolute atomic E-state index is 12.7. The highest BCUT2D eigenvalue weighted by molar-refractivity contribution is 7.92. The molecule has 1 aromatic heterocycles. The second-order valence-electron chi connectivity index (χ2n) is 7.19. The van der Waals surface area contributed by atoms with E-state index in [0.717, 1.165) is 32.1 Å². The van der Waals surface area contributed by atoms with E-state index in [1.165, 1.54) is 9.47 Å². The predicted octanol–water partition coefficient (Wildman–Crippen LogP) is 1.55. The van der Waals surface area contributed by atoms with Crippen LogP contribution in [0.15, 0.2) is 33.5 Å². The molecule has 8 heteroatoms. The monoisotopic (exact) mass is 378 g/mol. The summed E-state index contributed by atoms with van der Waals surface area (Å²) in [5.41, 5.74) is 1.00. The molecule has 1 saturated heterocycles. The van der Waals surface area contributed by atoms with Gasteiger partial charge < -0.3 is 9.32 Å². The molecule has 2 fully saturated rings. The quantitative estimate of drug-likeness (QED) is 0.805. The molecule has 1 aromatic carbocycles. The number of rotatable bonds is 4. The summed E-state index contributed by atoms with van der Waals surface area (Å²) in [4.78, 5) is 25.9. The number of nitrogens with zero attached hydrogens (tertiary/aromatic N) is 2. The van der Waals surface area contributed by atoms with Crippen molar-refractivity contribution in [2.75, 3.05) is 13.1 Å². The topological polar surface area (TPSA) is 89.6 Å². The van der Waals surface area contributed by atoms with Crippen LogP contribution in [0.4, 0.5) is 0 Å². The molecule has 7 nitrogen and oxygen atoms in total. The van der Waals surface area contributed by atoms with Crippen molar-refractivity contribution in [2.45, 2.75) is 49.1 Å². The molecule has 2 aliphatic rings. The number of carbonyl (C=O) groups excluding carboxylic acids is 1. The molecule has 4 rings (SSSR count). The van der Waals surface area contributed by atoms with Crippen LogP contribution < -0.4 is 5.76 Å². The van der Waals surface area contributed by atoms with E-state index in [0.29, 0.717) is 11.1 Å². The van der Waals surface area contributed by atoms with Gasteiger partial charge >= 0.3 is 5.76 Å². The van der Waals surface area contributed by atoms with Gasteiger partial charge in [0, 0.05) is 13.1 Å². The van der Waals surface area contributed by atoms with Crippen molar-refractivity contribution in [2.24, 2.45) is 0 Å². The van der Waals surface area contributed by atoms with Gasteiger partial charge in [-0.05, 0) is 25.0 Å². The highest BCUT2D eigenvalue weighted by atomic mass is 32.2. The molecule has 0 bridgehead atoms. The van der Waals surface area contributed by atoms with E-state index in [1.807, 2.05) is 0 Å². The number of fused-ring (bicyclic) bond motifs is 1. The molecule has 0 N–H and O–H groups in total. The summed E-state index contributed by atoms with van der Waals surface area (Å²) in [5.74, 6) is -0.833. The van der Waals surface area contributed by atoms with E-state index in [4.69, 9.17) is 4.42 Å². The lowest BCUT2D eigenvalue weighted by atomic mass is 10.0. The van der Waals surface area contributed by atoms with Gasteiger partial charge in [-0.1, -0.05) is 31.4 Å². The summed E-state index contributed by atoms with van der Waals surface area (Å²) >= 11 is 0. The molecule has 1 saturated carbocycles. The Bertz CT molecular complexity index is 978. The third-order valence-electron chi connectivity index (χ3n) is 5.55. The maximum atomic E-state index is 12.7. The molecule has 0 atom stereocenters. The van der Waals surface area contributed by atoms with Crippen molar-refractivity contribution < 1.29 is 17.6 Å². The molecule has 0 spiro atoms. The van der Waals surface area contributed by atoms with Crippen LogP contribution in [0.1, 0.15) is 32.1 Å². The Balaban J connectivity index is 1.42. The normalized spacial score (nSPS) is 19.6. The Morgan fingerprint density at radius 1 is 1.08 bits per heavy atom. The SMILES string of the molecule is O=C(Cn1c(=O)oc2ccccc21)N1CC(S(=O)(=O)C2CCCCC2)C1. The lowest BCUT2D eigenvalue weighted by Gasteiger charge is -2.40. The number of sulfone groups is 1. The highest BCUT2D eigenvalue weighted by Crippen LogP contribution is 2.30. The maximum Gasteiger partial charge on any atom is 0.420 e. The molecule has 0 unspecified atom stereocenters. The van der Waals surface area contributed by atoms with Crippen LogP contribution in [0.3, 0.4) is 0 Å². The number of amides is 1. The van der Waals surface area contributed by atoms with Gasteiger partial charge in [-0.3, -0.25) is 9.36 Å². The Labute approximate surface area is 151 Å². The van der Waals surface area contributed by atoms with Crippen LogP contribution in [0, 0.1) is 0 Å². The van der Waals surface area contributed by atoms with Crippen LogP contribution >= 0.6 is 0 Å². The van der Waals surface area contributed by atoms with Crippen molar-refractivity contribution in [1.29, 1.82) is 0 Å². The molecule has 1 aliphatic heterocycles. The number of para-hydroxylation sites is 2. The lowest BCUT2D eigenvalue weighted by Crippen LogP contribution is -2.59. The number of likely N-dealkylation sites (tertiary alicyclic amines) is 1. The summed E-state index contributed by atoms with van der Waals surface area (Å²) < 4.78 is 31.8. The molecule has 2 aromatic rings. The standard InChI is InChI=1S/C18H22N2O5S/c21-17(12-20-15-8-4-5-9-16(15)25-18(20)22)19-10-14(11-19)26(23,24)13-6-2-1-3-7-13/h4-5,8-9,13-14H,1-3,6-7,10-12H2. The first kappa shape index (κ1) is 17.3. The Morgan fingerprint density at radius 2 is 1.77 bits per heavy atom. The van der Waals surface area contributed by atoms with Crippen molar-refractivity contribution in [3.05, 3.63) is 34.8 Å². The van der Waals surface area contributed by atoms with Gasteiger partial charge in [-0.25, -0.2) is 13.2 Å². The molecule has 1 aliphatic carbocycles. The summed E-state index contributed by atoms with van der Waals surface area (Å²) in [6.45, 7) is 0.316. The Hall–Kier alpha value is -2.09. The third-order valence-corrected chi connectivity index (χ3v) is 8.18. The average molecular weight is 378 g/mol. The highest BCUT2D eigenvalue weighted by Gasteiger charge is 2.43. The predicted molar refractivity (Wildman–Crippen MR) is 96.6 cm³/mol. The van der Waals surface area contributed by atoms with Crippen molar-refractivity contribution in [3.8, 4) is 0 Å². The van der Waals surface area contributed by atoms with Gasteiger partial charge in [0.15, 0.2) is 15.4 Å². The average Bonchev–Trinajstić information content (AvgIpc) is 2.90. The first-order chi connectivity index (χ1) is 12.5. The second kappa shape index (κ2) is 6.57. The molecule has 0 radical (unpaired) electrons. The van der Waals surface area contributed by atoms with Gasteiger partial charge in [0.2, 0.25) is 5.91 Å². The number of oxazole rings is 1. The summed E-state index contributed by atoms with van der Waals surface area (Å²) in [6, 6.07) is 6.93. The molecule has 140 valence electrons. The van der Waals surface area contributed by atoms with E-state index in [2.05, 4.69) is 0 Å². The zero-order valence-electron chi connectivity index (χ0n) is 14.5. The van der Waals surface area contributed by atoms with Crippen molar-refractivity contribution in [3.63, 3.8) is 0 Å². The van der Waals surface area contributed by atoms with E-state index in [9.17, 15) is 18.0 Å². The van der Waals surface area contributed by atoms with Gasteiger partial charge in [0.05, 0.1) is 16.0 Å². The van der Waals surface area contributed by atoms with E-state index in [1.54, 1.807) is 24.3 Å². The number of benzene rings is 1. The number of carbonyl (C=O) groups is 1. The van der Waals surface area contributed by atoms with Gasteiger partial charge in [0.25, 0.3) is 0 Å². The van der Waals surface area contributed by atoms with E-state index in [-0.39, 0.29) is 30.8 Å². The second-order valence-corrected chi connectivity index (χ2v) is 9.70. The fraction of sp³-hybridized carbons (Fsp3) is 0.556. The molecule has 2 heterocycles. The van der Waals surface area contributed by atoms with Gasteiger partial charge in [0.1, 0.15) is 6.54 Å². The minimum absolute atomic E-state index is 0.133. The summed E-state index contributed by atoms with van der Waals surface area (Å²) in [6.07, 6.45) is 4.52. The van der Waals surface area contributed by atoms with Crippen molar-refractivity contribution in [1.82, 2.24) is 9.47 Å². The first-order valence-corrected chi connectivity index (χ1v) is 10.7. The number of hydrogen-bond donors (Lipinski definition) is 0. The van der Waals surface area contributed by atoms with Crippen LogP contribution in [-0.4, -0.2) is 47.4 Å².